The first-order valence-corrected chi connectivity index (χ1v) is 10.3. The minimum Gasteiger partial charge on any atom is -0.350 e. The Morgan fingerprint density at radius 2 is 1.93 bits per heavy atom. The molecule has 1 aliphatic rings. The summed E-state index contributed by atoms with van der Waals surface area (Å²) in [5.41, 5.74) is 2.89. The number of amides is 1. The molecule has 1 aliphatic carbocycles. The van der Waals surface area contributed by atoms with E-state index in [4.69, 9.17) is 0 Å². The van der Waals surface area contributed by atoms with Crippen LogP contribution in [0.4, 0.5) is 4.39 Å². The Kier molecular flexibility index (Phi) is 5.84. The van der Waals surface area contributed by atoms with E-state index in [9.17, 15) is 9.18 Å². The van der Waals surface area contributed by atoms with Gasteiger partial charge in [-0.2, -0.15) is 0 Å². The average molecular weight is 391 g/mol. The van der Waals surface area contributed by atoms with Gasteiger partial charge in [-0.15, -0.1) is 0 Å². The predicted molar refractivity (Wildman–Crippen MR) is 112 cm³/mol. The van der Waals surface area contributed by atoms with Crippen LogP contribution in [-0.4, -0.2) is 15.9 Å². The second-order valence-corrected chi connectivity index (χ2v) is 8.00. The van der Waals surface area contributed by atoms with Gasteiger partial charge in [0.25, 0.3) is 0 Å². The molecule has 0 radical (unpaired) electrons. The lowest BCUT2D eigenvalue weighted by Crippen LogP contribution is -2.34. The maximum Gasteiger partial charge on any atom is 0.223 e. The van der Waals surface area contributed by atoms with Gasteiger partial charge in [-0.1, -0.05) is 13.0 Å². The fourth-order valence-corrected chi connectivity index (χ4v) is 4.48. The summed E-state index contributed by atoms with van der Waals surface area (Å²) in [6.07, 6.45) is 7.58. The van der Waals surface area contributed by atoms with Crippen molar-refractivity contribution < 1.29 is 9.18 Å². The van der Waals surface area contributed by atoms with E-state index in [-0.39, 0.29) is 17.6 Å². The normalized spacial score (nSPS) is 20.3. The molecule has 1 fully saturated rings. The molecule has 2 heterocycles. The van der Waals surface area contributed by atoms with Crippen LogP contribution in [0.25, 0.3) is 10.9 Å². The maximum absolute atomic E-state index is 13.8. The van der Waals surface area contributed by atoms with Crippen molar-refractivity contribution in [2.45, 2.75) is 45.1 Å². The molecule has 2 aromatic heterocycles. The second kappa shape index (κ2) is 8.68. The quantitative estimate of drug-likeness (QED) is 0.666. The summed E-state index contributed by atoms with van der Waals surface area (Å²) in [7, 11) is 0. The Hall–Kier alpha value is -2.82. The molecule has 0 aliphatic heterocycles. The van der Waals surface area contributed by atoms with E-state index in [1.807, 2.05) is 37.4 Å². The van der Waals surface area contributed by atoms with Crippen LogP contribution in [0.15, 0.2) is 54.9 Å². The molecule has 3 aromatic rings. The van der Waals surface area contributed by atoms with Crippen LogP contribution < -0.4 is 5.32 Å². The number of carbonyl (C=O) groups excluding carboxylic acids is 1. The Labute approximate surface area is 170 Å². The monoisotopic (exact) mass is 391 g/mol. The van der Waals surface area contributed by atoms with Crippen LogP contribution in [0.1, 0.15) is 49.8 Å². The molecule has 29 heavy (non-hydrogen) atoms. The summed E-state index contributed by atoms with van der Waals surface area (Å²) >= 11 is 0. The van der Waals surface area contributed by atoms with Crippen molar-refractivity contribution >= 4 is 16.8 Å². The highest BCUT2D eigenvalue weighted by Crippen LogP contribution is 2.40. The molecule has 1 saturated carbocycles. The number of pyridine rings is 2. The zero-order valence-corrected chi connectivity index (χ0v) is 16.6. The zero-order chi connectivity index (χ0) is 20.2. The van der Waals surface area contributed by atoms with E-state index in [0.717, 1.165) is 42.3 Å². The number of fused-ring (bicyclic) bond motifs is 1. The van der Waals surface area contributed by atoms with Crippen LogP contribution in [-0.2, 0) is 11.3 Å². The minimum absolute atomic E-state index is 0.0220. The largest absolute Gasteiger partial charge is 0.350 e. The molecule has 1 unspecified atom stereocenters. The Morgan fingerprint density at radius 3 is 2.69 bits per heavy atom. The molecule has 4 rings (SSSR count). The fourth-order valence-electron chi connectivity index (χ4n) is 4.48. The molecule has 0 saturated heterocycles. The number of hydrogen-bond donors (Lipinski definition) is 1. The Balaban J connectivity index is 1.37. The molecule has 5 heteroatoms. The molecular formula is C24H26FN3O. The zero-order valence-electron chi connectivity index (χ0n) is 16.6. The van der Waals surface area contributed by atoms with Crippen molar-refractivity contribution in [3.8, 4) is 0 Å². The maximum atomic E-state index is 13.8. The summed E-state index contributed by atoms with van der Waals surface area (Å²) < 4.78 is 13.8. The average Bonchev–Trinajstić information content (AvgIpc) is 2.77. The van der Waals surface area contributed by atoms with Gasteiger partial charge in [0.05, 0.1) is 17.8 Å². The fraction of sp³-hybridized carbons (Fsp3) is 0.375. The van der Waals surface area contributed by atoms with Gasteiger partial charge in [0.15, 0.2) is 0 Å². The first kappa shape index (κ1) is 19.5. The molecular weight excluding hydrogens is 365 g/mol. The van der Waals surface area contributed by atoms with Gasteiger partial charge in [-0.05, 0) is 79.5 Å². The van der Waals surface area contributed by atoms with E-state index in [1.165, 1.54) is 11.6 Å². The van der Waals surface area contributed by atoms with Crippen LogP contribution in [0, 0.1) is 17.7 Å². The van der Waals surface area contributed by atoms with E-state index in [1.54, 1.807) is 18.3 Å². The van der Waals surface area contributed by atoms with Gasteiger partial charge in [0.1, 0.15) is 5.82 Å². The van der Waals surface area contributed by atoms with Gasteiger partial charge in [-0.3, -0.25) is 14.8 Å². The molecule has 0 bridgehead atoms. The first-order valence-electron chi connectivity index (χ1n) is 10.3. The standard InChI is InChI=1S/C24H26FN3O/c1-16(24(29)28-15-20-4-2-3-12-26-20)17-5-7-18(8-6-17)21-11-13-27-23-10-9-19(25)14-22(21)23/h2-4,9-14,16-18H,5-8,15H2,1H3,(H,28,29)/t16?,17-,18+. The number of rotatable bonds is 5. The summed E-state index contributed by atoms with van der Waals surface area (Å²) in [5, 5.41) is 3.93. The molecule has 1 atom stereocenters. The molecule has 1 N–H and O–H groups in total. The smallest absolute Gasteiger partial charge is 0.223 e. The van der Waals surface area contributed by atoms with E-state index < -0.39 is 0 Å². The third kappa shape index (κ3) is 4.44. The molecule has 150 valence electrons. The predicted octanol–water partition coefficient (Wildman–Crippen LogP) is 5.00. The topological polar surface area (TPSA) is 54.9 Å². The van der Waals surface area contributed by atoms with Gasteiger partial charge in [0.2, 0.25) is 5.91 Å². The lowest BCUT2D eigenvalue weighted by atomic mass is 9.73. The Morgan fingerprint density at radius 1 is 1.10 bits per heavy atom. The number of nitrogens with one attached hydrogen (secondary N) is 1. The van der Waals surface area contributed by atoms with Crippen molar-refractivity contribution in [2.75, 3.05) is 0 Å². The first-order chi connectivity index (χ1) is 14.1. The summed E-state index contributed by atoms with van der Waals surface area (Å²) in [6.45, 7) is 2.49. The number of carbonyl (C=O) groups is 1. The van der Waals surface area contributed by atoms with Gasteiger partial charge < -0.3 is 5.32 Å². The van der Waals surface area contributed by atoms with Gasteiger partial charge in [0, 0.05) is 23.7 Å². The van der Waals surface area contributed by atoms with Crippen LogP contribution in [0.2, 0.25) is 0 Å². The van der Waals surface area contributed by atoms with Crippen molar-refractivity contribution in [1.82, 2.24) is 15.3 Å². The highest BCUT2D eigenvalue weighted by Gasteiger charge is 2.30. The lowest BCUT2D eigenvalue weighted by Gasteiger charge is -2.32. The van der Waals surface area contributed by atoms with E-state index in [0.29, 0.717) is 18.4 Å². The van der Waals surface area contributed by atoms with Gasteiger partial charge in [-0.25, -0.2) is 4.39 Å². The minimum atomic E-state index is -0.223. The van der Waals surface area contributed by atoms with Crippen molar-refractivity contribution in [1.29, 1.82) is 0 Å². The summed E-state index contributed by atoms with van der Waals surface area (Å²) in [5.74, 6) is 0.614. The highest BCUT2D eigenvalue weighted by molar-refractivity contribution is 5.82. The molecule has 1 aromatic carbocycles. The van der Waals surface area contributed by atoms with Gasteiger partial charge >= 0.3 is 0 Å². The van der Waals surface area contributed by atoms with Crippen LogP contribution in [0.3, 0.4) is 0 Å². The molecule has 0 spiro atoms. The molecule has 4 nitrogen and oxygen atoms in total. The number of benzene rings is 1. The van der Waals surface area contributed by atoms with Crippen molar-refractivity contribution in [3.63, 3.8) is 0 Å². The van der Waals surface area contributed by atoms with Crippen molar-refractivity contribution in [2.24, 2.45) is 11.8 Å². The number of halogens is 1. The van der Waals surface area contributed by atoms with Crippen LogP contribution in [0.5, 0.6) is 0 Å². The Bertz CT molecular complexity index is 984. The lowest BCUT2D eigenvalue weighted by molar-refractivity contribution is -0.126. The second-order valence-electron chi connectivity index (χ2n) is 8.00. The SMILES string of the molecule is CC(C(=O)NCc1ccccn1)[C@H]1CC[C@@H](c2ccnc3ccc(F)cc32)CC1. The number of nitrogens with zero attached hydrogens (tertiary/aromatic N) is 2. The van der Waals surface area contributed by atoms with E-state index in [2.05, 4.69) is 15.3 Å². The van der Waals surface area contributed by atoms with Crippen molar-refractivity contribution in [3.05, 3.63) is 71.9 Å². The van der Waals surface area contributed by atoms with E-state index >= 15 is 0 Å². The van der Waals surface area contributed by atoms with Crippen LogP contribution >= 0.6 is 0 Å². The summed E-state index contributed by atoms with van der Waals surface area (Å²) in [6, 6.07) is 12.5. The molecule has 1 amide bonds. The number of hydrogen-bond acceptors (Lipinski definition) is 3. The summed E-state index contributed by atoms with van der Waals surface area (Å²) in [4.78, 5) is 21.2. The third-order valence-electron chi connectivity index (χ3n) is 6.24. The third-order valence-corrected chi connectivity index (χ3v) is 6.24. The highest BCUT2D eigenvalue weighted by atomic mass is 19.1. The number of aromatic nitrogens is 2.